The summed E-state index contributed by atoms with van der Waals surface area (Å²) in [7, 11) is 2.08. The minimum Gasteiger partial charge on any atom is -0.310 e. The Morgan fingerprint density at radius 2 is 2.05 bits per heavy atom. The average molecular weight is 266 g/mol. The van der Waals surface area contributed by atoms with E-state index in [2.05, 4.69) is 45.0 Å². The molecule has 0 aliphatic heterocycles. The molecule has 0 bridgehead atoms. The molecule has 0 fully saturated rings. The Balaban J connectivity index is 2.47. The van der Waals surface area contributed by atoms with Gasteiger partial charge < -0.3 is 5.32 Å². The molecule has 1 aromatic rings. The van der Waals surface area contributed by atoms with E-state index in [4.69, 9.17) is 0 Å². The van der Waals surface area contributed by atoms with Crippen molar-refractivity contribution in [3.63, 3.8) is 0 Å². The van der Waals surface area contributed by atoms with Crippen LogP contribution in [0, 0.1) is 5.82 Å². The van der Waals surface area contributed by atoms with Crippen molar-refractivity contribution in [3.8, 4) is 0 Å². The first-order valence-electron chi connectivity index (χ1n) is 7.04. The van der Waals surface area contributed by atoms with E-state index in [0.29, 0.717) is 6.04 Å². The molecule has 0 aliphatic carbocycles. The van der Waals surface area contributed by atoms with Crippen molar-refractivity contribution < 1.29 is 4.39 Å². The van der Waals surface area contributed by atoms with Gasteiger partial charge in [-0.15, -0.1) is 0 Å². The summed E-state index contributed by atoms with van der Waals surface area (Å²) in [5, 5.41) is 3.57. The van der Waals surface area contributed by atoms with Gasteiger partial charge in [-0.3, -0.25) is 4.90 Å². The van der Waals surface area contributed by atoms with Gasteiger partial charge in [0.2, 0.25) is 0 Å². The van der Waals surface area contributed by atoms with Crippen LogP contribution in [0.3, 0.4) is 0 Å². The third kappa shape index (κ3) is 5.70. The number of likely N-dealkylation sites (N-methyl/N-ethyl adjacent to an activating group) is 1. The maximum Gasteiger partial charge on any atom is 0.123 e. The molecule has 1 atom stereocenters. The van der Waals surface area contributed by atoms with Gasteiger partial charge in [0.15, 0.2) is 0 Å². The number of halogens is 1. The summed E-state index contributed by atoms with van der Waals surface area (Å²) < 4.78 is 13.1. The highest BCUT2D eigenvalue weighted by Crippen LogP contribution is 2.10. The molecule has 0 spiro atoms. The molecular weight excluding hydrogens is 239 g/mol. The molecule has 108 valence electrons. The van der Waals surface area contributed by atoms with Gasteiger partial charge in [-0.1, -0.05) is 19.1 Å². The monoisotopic (exact) mass is 266 g/mol. The second-order valence-corrected chi connectivity index (χ2v) is 6.01. The summed E-state index contributed by atoms with van der Waals surface area (Å²) in [4.78, 5) is 2.24. The first-order chi connectivity index (χ1) is 8.84. The smallest absolute Gasteiger partial charge is 0.123 e. The van der Waals surface area contributed by atoms with E-state index in [9.17, 15) is 4.39 Å². The first-order valence-corrected chi connectivity index (χ1v) is 7.04. The van der Waals surface area contributed by atoms with Gasteiger partial charge in [0.1, 0.15) is 5.82 Å². The SMILES string of the molecule is CCC(C)(C)NCC(C)N(C)Cc1cccc(F)c1. The zero-order chi connectivity index (χ0) is 14.5. The molecule has 0 heterocycles. The maximum absolute atomic E-state index is 13.1. The fourth-order valence-electron chi connectivity index (χ4n) is 1.78. The Labute approximate surface area is 117 Å². The predicted molar refractivity (Wildman–Crippen MR) is 79.7 cm³/mol. The van der Waals surface area contributed by atoms with Crippen molar-refractivity contribution in [3.05, 3.63) is 35.6 Å². The molecule has 0 amide bonds. The second kappa shape index (κ2) is 7.01. The van der Waals surface area contributed by atoms with Crippen LogP contribution in [-0.4, -0.2) is 30.1 Å². The minimum atomic E-state index is -0.163. The van der Waals surface area contributed by atoms with Crippen LogP contribution in [0.15, 0.2) is 24.3 Å². The van der Waals surface area contributed by atoms with Crippen molar-refractivity contribution in [2.24, 2.45) is 0 Å². The Kier molecular flexibility index (Phi) is 5.95. The lowest BCUT2D eigenvalue weighted by Gasteiger charge is -2.31. The zero-order valence-electron chi connectivity index (χ0n) is 12.8. The van der Waals surface area contributed by atoms with Gasteiger partial charge in [0.05, 0.1) is 0 Å². The molecule has 0 saturated heterocycles. The Hall–Kier alpha value is -0.930. The zero-order valence-corrected chi connectivity index (χ0v) is 12.8. The van der Waals surface area contributed by atoms with Gasteiger partial charge in [0.25, 0.3) is 0 Å². The Morgan fingerprint density at radius 3 is 2.63 bits per heavy atom. The van der Waals surface area contributed by atoms with E-state index in [1.165, 1.54) is 6.07 Å². The van der Waals surface area contributed by atoms with Crippen LogP contribution in [0.5, 0.6) is 0 Å². The first kappa shape index (κ1) is 16.1. The van der Waals surface area contributed by atoms with Crippen molar-refractivity contribution in [2.45, 2.75) is 52.2 Å². The van der Waals surface area contributed by atoms with Crippen molar-refractivity contribution in [2.75, 3.05) is 13.6 Å². The fourth-order valence-corrected chi connectivity index (χ4v) is 1.78. The quantitative estimate of drug-likeness (QED) is 0.813. The van der Waals surface area contributed by atoms with Crippen LogP contribution in [0.25, 0.3) is 0 Å². The number of rotatable bonds is 7. The molecule has 2 nitrogen and oxygen atoms in total. The average Bonchev–Trinajstić information content (AvgIpc) is 2.36. The number of hydrogen-bond acceptors (Lipinski definition) is 2. The van der Waals surface area contributed by atoms with E-state index in [0.717, 1.165) is 25.1 Å². The van der Waals surface area contributed by atoms with Gasteiger partial charge in [0, 0.05) is 24.7 Å². The molecule has 3 heteroatoms. The van der Waals surface area contributed by atoms with Crippen LogP contribution >= 0.6 is 0 Å². The highest BCUT2D eigenvalue weighted by molar-refractivity contribution is 5.16. The van der Waals surface area contributed by atoms with E-state index in [-0.39, 0.29) is 11.4 Å². The van der Waals surface area contributed by atoms with Crippen LogP contribution in [-0.2, 0) is 6.54 Å². The fraction of sp³-hybridized carbons (Fsp3) is 0.625. The van der Waals surface area contributed by atoms with Gasteiger partial charge in [-0.2, -0.15) is 0 Å². The van der Waals surface area contributed by atoms with E-state index in [1.54, 1.807) is 12.1 Å². The van der Waals surface area contributed by atoms with E-state index >= 15 is 0 Å². The third-order valence-electron chi connectivity index (χ3n) is 3.83. The van der Waals surface area contributed by atoms with Crippen molar-refractivity contribution in [1.29, 1.82) is 0 Å². The normalized spacial score (nSPS) is 13.8. The molecule has 0 saturated carbocycles. The molecule has 0 aromatic heterocycles. The summed E-state index contributed by atoms with van der Waals surface area (Å²) in [6, 6.07) is 7.23. The molecular formula is C16H27FN2. The summed E-state index contributed by atoms with van der Waals surface area (Å²) in [5.41, 5.74) is 1.19. The lowest BCUT2D eigenvalue weighted by atomic mass is 10.0. The number of nitrogens with one attached hydrogen (secondary N) is 1. The predicted octanol–water partition coefficient (Wildman–Crippen LogP) is 3.42. The number of hydrogen-bond donors (Lipinski definition) is 1. The Morgan fingerprint density at radius 1 is 1.37 bits per heavy atom. The molecule has 1 unspecified atom stereocenters. The molecule has 1 N–H and O–H groups in total. The topological polar surface area (TPSA) is 15.3 Å². The lowest BCUT2D eigenvalue weighted by molar-refractivity contribution is 0.223. The summed E-state index contributed by atoms with van der Waals surface area (Å²) in [6.07, 6.45) is 1.10. The molecule has 0 aliphatic rings. The number of benzene rings is 1. The van der Waals surface area contributed by atoms with Crippen LogP contribution in [0.1, 0.15) is 39.7 Å². The maximum atomic E-state index is 13.1. The molecule has 1 aromatic carbocycles. The van der Waals surface area contributed by atoms with Gasteiger partial charge >= 0.3 is 0 Å². The molecule has 1 rings (SSSR count). The highest BCUT2D eigenvalue weighted by atomic mass is 19.1. The van der Waals surface area contributed by atoms with Crippen LogP contribution in [0.2, 0.25) is 0 Å². The van der Waals surface area contributed by atoms with Crippen molar-refractivity contribution >= 4 is 0 Å². The van der Waals surface area contributed by atoms with Gasteiger partial charge in [-0.25, -0.2) is 4.39 Å². The summed E-state index contributed by atoms with van der Waals surface area (Å²) in [6.45, 7) is 10.5. The van der Waals surface area contributed by atoms with E-state index < -0.39 is 0 Å². The Bertz CT molecular complexity index is 390. The minimum absolute atomic E-state index is 0.163. The van der Waals surface area contributed by atoms with Crippen LogP contribution in [0.4, 0.5) is 4.39 Å². The lowest BCUT2D eigenvalue weighted by Crippen LogP contribution is -2.46. The second-order valence-electron chi connectivity index (χ2n) is 6.01. The third-order valence-corrected chi connectivity index (χ3v) is 3.83. The largest absolute Gasteiger partial charge is 0.310 e. The van der Waals surface area contributed by atoms with E-state index in [1.807, 2.05) is 6.07 Å². The van der Waals surface area contributed by atoms with Gasteiger partial charge in [-0.05, 0) is 51.9 Å². The molecule has 19 heavy (non-hydrogen) atoms. The molecule has 0 radical (unpaired) electrons. The number of nitrogens with zero attached hydrogens (tertiary/aromatic N) is 1. The van der Waals surface area contributed by atoms with Crippen LogP contribution < -0.4 is 5.32 Å². The highest BCUT2D eigenvalue weighted by Gasteiger charge is 2.17. The summed E-state index contributed by atoms with van der Waals surface area (Å²) >= 11 is 0. The standard InChI is InChI=1S/C16H27FN2/c1-6-16(3,4)18-11-13(2)19(5)12-14-8-7-9-15(17)10-14/h7-10,13,18H,6,11-12H2,1-5H3. The van der Waals surface area contributed by atoms with Crippen molar-refractivity contribution in [1.82, 2.24) is 10.2 Å². The summed E-state index contributed by atoms with van der Waals surface area (Å²) in [5.74, 6) is -0.163.